The van der Waals surface area contributed by atoms with Crippen molar-refractivity contribution in [2.24, 2.45) is 0 Å². The molecule has 2 aromatic carbocycles. The summed E-state index contributed by atoms with van der Waals surface area (Å²) in [7, 11) is 0.648. The highest BCUT2D eigenvalue weighted by molar-refractivity contribution is 7.89. The molecule has 0 aliphatic rings. The summed E-state index contributed by atoms with van der Waals surface area (Å²) < 4.78 is 36.3. The molecule has 0 radical (unpaired) electrons. The molecule has 146 valence electrons. The molecule has 1 N–H and O–H groups in total. The van der Waals surface area contributed by atoms with Crippen molar-refractivity contribution >= 4 is 33.2 Å². The lowest BCUT2D eigenvalue weighted by atomic mass is 10.2. The molecule has 1 amide bonds. The van der Waals surface area contributed by atoms with E-state index in [1.165, 1.54) is 39.4 Å². The van der Waals surface area contributed by atoms with Gasteiger partial charge in [0.1, 0.15) is 11.5 Å². The molecule has 9 heteroatoms. The molecule has 0 heterocycles. The number of aryl methyl sites for hydroxylation is 1. The van der Waals surface area contributed by atoms with Crippen LogP contribution in [0.1, 0.15) is 5.56 Å². The van der Waals surface area contributed by atoms with Gasteiger partial charge in [0, 0.05) is 19.1 Å². The van der Waals surface area contributed by atoms with E-state index in [-0.39, 0.29) is 17.2 Å². The average Bonchev–Trinajstić information content (AvgIpc) is 2.62. The predicted octanol–water partition coefficient (Wildman–Crippen LogP) is 2.92. The Labute approximate surface area is 163 Å². The third kappa shape index (κ3) is 5.12. The van der Waals surface area contributed by atoms with Crippen molar-refractivity contribution in [3.8, 4) is 11.5 Å². The minimum absolute atomic E-state index is 0.0397. The molecular weight excluding hydrogens is 392 g/mol. The number of nitrogens with zero attached hydrogens (tertiary/aromatic N) is 1. The van der Waals surface area contributed by atoms with Gasteiger partial charge in [0.2, 0.25) is 10.0 Å². The Balaban J connectivity index is 2.15. The van der Waals surface area contributed by atoms with Crippen LogP contribution in [0.5, 0.6) is 11.5 Å². The van der Waals surface area contributed by atoms with E-state index in [4.69, 9.17) is 21.1 Å². The number of anilines is 1. The van der Waals surface area contributed by atoms with Crippen molar-refractivity contribution in [3.63, 3.8) is 0 Å². The molecule has 2 aromatic rings. The molecule has 0 saturated carbocycles. The molecule has 0 bridgehead atoms. The summed E-state index contributed by atoms with van der Waals surface area (Å²) in [5.41, 5.74) is 1.07. The second-order valence-electron chi connectivity index (χ2n) is 5.90. The van der Waals surface area contributed by atoms with Gasteiger partial charge in [-0.1, -0.05) is 11.6 Å². The Hall–Kier alpha value is -2.29. The monoisotopic (exact) mass is 412 g/mol. The maximum absolute atomic E-state index is 12.3. The molecule has 2 rings (SSSR count). The number of halogens is 1. The zero-order valence-corrected chi connectivity index (χ0v) is 17.0. The van der Waals surface area contributed by atoms with Crippen molar-refractivity contribution in [3.05, 3.63) is 47.0 Å². The van der Waals surface area contributed by atoms with Gasteiger partial charge < -0.3 is 14.8 Å². The highest BCUT2D eigenvalue weighted by Gasteiger charge is 2.20. The topological polar surface area (TPSA) is 84.9 Å². The second kappa shape index (κ2) is 8.60. The third-order valence-corrected chi connectivity index (χ3v) is 5.96. The molecule has 0 fully saturated rings. The fraction of sp³-hybridized carbons (Fsp3) is 0.278. The molecule has 0 spiro atoms. The van der Waals surface area contributed by atoms with Gasteiger partial charge in [0.25, 0.3) is 5.91 Å². The number of carbonyl (C=O) groups excluding carboxylic acids is 1. The normalized spacial score (nSPS) is 11.3. The first-order chi connectivity index (χ1) is 12.6. The van der Waals surface area contributed by atoms with Crippen LogP contribution < -0.4 is 14.8 Å². The summed E-state index contributed by atoms with van der Waals surface area (Å²) >= 11 is 5.96. The predicted molar refractivity (Wildman–Crippen MR) is 104 cm³/mol. The van der Waals surface area contributed by atoms with Gasteiger partial charge in [-0.05, 0) is 48.9 Å². The smallest absolute Gasteiger partial charge is 0.262 e. The first-order valence-electron chi connectivity index (χ1n) is 7.94. The number of hydrogen-bond donors (Lipinski definition) is 1. The van der Waals surface area contributed by atoms with Crippen LogP contribution in [0.15, 0.2) is 41.3 Å². The van der Waals surface area contributed by atoms with Crippen molar-refractivity contribution in [2.45, 2.75) is 11.8 Å². The van der Waals surface area contributed by atoms with E-state index in [0.29, 0.717) is 16.5 Å². The maximum Gasteiger partial charge on any atom is 0.262 e. The van der Waals surface area contributed by atoms with E-state index in [2.05, 4.69) is 5.32 Å². The summed E-state index contributed by atoms with van der Waals surface area (Å²) in [6.45, 7) is 1.58. The average molecular weight is 413 g/mol. The van der Waals surface area contributed by atoms with Crippen LogP contribution in [0.4, 0.5) is 5.69 Å². The SMILES string of the molecule is COc1ccc(S(=O)(=O)N(C)C)cc1NC(=O)COc1ccc(Cl)c(C)c1. The van der Waals surface area contributed by atoms with Crippen molar-refractivity contribution < 1.29 is 22.7 Å². The fourth-order valence-corrected chi connectivity index (χ4v) is 3.24. The van der Waals surface area contributed by atoms with Crippen molar-refractivity contribution in [1.29, 1.82) is 0 Å². The Morgan fingerprint density at radius 1 is 1.19 bits per heavy atom. The molecule has 27 heavy (non-hydrogen) atoms. The van der Waals surface area contributed by atoms with Gasteiger partial charge in [-0.3, -0.25) is 4.79 Å². The van der Waals surface area contributed by atoms with E-state index >= 15 is 0 Å². The number of ether oxygens (including phenoxy) is 2. The molecule has 7 nitrogen and oxygen atoms in total. The number of benzene rings is 2. The molecule has 0 saturated heterocycles. The van der Waals surface area contributed by atoms with Crippen LogP contribution in [0, 0.1) is 6.92 Å². The minimum atomic E-state index is -3.64. The van der Waals surface area contributed by atoms with Crippen molar-refractivity contribution in [2.75, 3.05) is 33.1 Å². The maximum atomic E-state index is 12.3. The summed E-state index contributed by atoms with van der Waals surface area (Å²) in [5, 5.41) is 3.22. The highest BCUT2D eigenvalue weighted by Crippen LogP contribution is 2.28. The molecule has 0 unspecified atom stereocenters. The van der Waals surface area contributed by atoms with Gasteiger partial charge in [-0.25, -0.2) is 12.7 Å². The minimum Gasteiger partial charge on any atom is -0.495 e. The lowest BCUT2D eigenvalue weighted by molar-refractivity contribution is -0.118. The molecule has 0 aliphatic carbocycles. The third-order valence-electron chi connectivity index (χ3n) is 3.72. The Morgan fingerprint density at radius 3 is 2.48 bits per heavy atom. The van der Waals surface area contributed by atoms with Crippen LogP contribution >= 0.6 is 11.6 Å². The number of sulfonamides is 1. The highest BCUT2D eigenvalue weighted by atomic mass is 35.5. The number of carbonyl (C=O) groups is 1. The largest absolute Gasteiger partial charge is 0.495 e. The molecule has 0 atom stereocenters. The van der Waals surface area contributed by atoms with Gasteiger partial charge >= 0.3 is 0 Å². The zero-order chi connectivity index (χ0) is 20.2. The Kier molecular flexibility index (Phi) is 6.69. The van der Waals surface area contributed by atoms with Crippen LogP contribution in [0.3, 0.4) is 0 Å². The quantitative estimate of drug-likeness (QED) is 0.755. The summed E-state index contributed by atoms with van der Waals surface area (Å²) in [6.07, 6.45) is 0. The fourth-order valence-electron chi connectivity index (χ4n) is 2.20. The van der Waals surface area contributed by atoms with Crippen LogP contribution in [-0.2, 0) is 14.8 Å². The van der Waals surface area contributed by atoms with Crippen LogP contribution in [-0.4, -0.2) is 46.4 Å². The van der Waals surface area contributed by atoms with E-state index in [0.717, 1.165) is 9.87 Å². The Morgan fingerprint density at radius 2 is 1.89 bits per heavy atom. The zero-order valence-electron chi connectivity index (χ0n) is 15.4. The van der Waals surface area contributed by atoms with Crippen molar-refractivity contribution in [1.82, 2.24) is 4.31 Å². The lowest BCUT2D eigenvalue weighted by Crippen LogP contribution is -2.23. The van der Waals surface area contributed by atoms with Gasteiger partial charge in [0.15, 0.2) is 6.61 Å². The van der Waals surface area contributed by atoms with Crippen LogP contribution in [0.2, 0.25) is 5.02 Å². The van der Waals surface area contributed by atoms with E-state index in [1.807, 2.05) is 6.92 Å². The van der Waals surface area contributed by atoms with Gasteiger partial charge in [0.05, 0.1) is 17.7 Å². The van der Waals surface area contributed by atoms with E-state index in [1.54, 1.807) is 18.2 Å². The number of hydrogen-bond acceptors (Lipinski definition) is 5. The summed E-state index contributed by atoms with van der Waals surface area (Å²) in [6, 6.07) is 9.31. The van der Waals surface area contributed by atoms with E-state index < -0.39 is 15.9 Å². The first-order valence-corrected chi connectivity index (χ1v) is 9.76. The second-order valence-corrected chi connectivity index (χ2v) is 8.46. The van der Waals surface area contributed by atoms with E-state index in [9.17, 15) is 13.2 Å². The number of nitrogens with one attached hydrogen (secondary N) is 1. The molecular formula is C18H21ClN2O5S. The Bertz CT molecular complexity index is 945. The molecule has 0 aliphatic heterocycles. The number of rotatable bonds is 7. The first kappa shape index (κ1) is 21.0. The van der Waals surface area contributed by atoms with Gasteiger partial charge in [-0.2, -0.15) is 0 Å². The summed E-state index contributed by atoms with van der Waals surface area (Å²) in [4.78, 5) is 12.3. The lowest BCUT2D eigenvalue weighted by Gasteiger charge is -2.15. The standard InChI is InChI=1S/C18H21ClN2O5S/c1-12-9-13(5-7-15(12)19)26-11-18(22)20-16-10-14(6-8-17(16)25-4)27(23,24)21(2)3/h5-10H,11H2,1-4H3,(H,20,22). The number of methoxy groups -OCH3 is 1. The van der Waals surface area contributed by atoms with Crippen LogP contribution in [0.25, 0.3) is 0 Å². The number of amides is 1. The molecule has 0 aromatic heterocycles. The summed E-state index contributed by atoms with van der Waals surface area (Å²) in [5.74, 6) is 0.381. The van der Waals surface area contributed by atoms with Gasteiger partial charge in [-0.15, -0.1) is 0 Å².